The van der Waals surface area contributed by atoms with Crippen LogP contribution in [0.25, 0.3) is 92.9 Å². The lowest BCUT2D eigenvalue weighted by molar-refractivity contribution is 0.383. The first-order valence-corrected chi connectivity index (χ1v) is 21.5. The van der Waals surface area contributed by atoms with E-state index >= 15 is 0 Å². The third-order valence-electron chi connectivity index (χ3n) is 13.0. The molecule has 0 saturated carbocycles. The molecule has 0 saturated heterocycles. The van der Waals surface area contributed by atoms with Crippen molar-refractivity contribution < 1.29 is 4.42 Å². The number of hydrogen-bond acceptors (Lipinski definition) is 4. The molecule has 0 amide bonds. The number of nitrogens with zero attached hydrogens (tertiary/aromatic N) is 4. The summed E-state index contributed by atoms with van der Waals surface area (Å²) in [4.78, 5) is 13.1. The van der Waals surface area contributed by atoms with Crippen LogP contribution < -0.4 is 0 Å². The Morgan fingerprint density at radius 3 is 1.79 bits per heavy atom. The molecule has 63 heavy (non-hydrogen) atoms. The average molecular weight is 807 g/mol. The molecule has 1 unspecified atom stereocenters. The molecule has 0 aliphatic carbocycles. The molecule has 2 aromatic heterocycles. The Bertz CT molecular complexity index is 3860. The van der Waals surface area contributed by atoms with Gasteiger partial charge < -0.3 is 13.9 Å². The van der Waals surface area contributed by atoms with E-state index in [2.05, 4.69) is 211 Å². The van der Waals surface area contributed by atoms with Crippen molar-refractivity contribution in [2.75, 3.05) is 7.05 Å². The van der Waals surface area contributed by atoms with E-state index < -0.39 is 0 Å². The molecule has 0 N–H and O–H groups in total. The van der Waals surface area contributed by atoms with Gasteiger partial charge in [-0.25, -0.2) is 9.98 Å². The van der Waals surface area contributed by atoms with Crippen LogP contribution in [0.5, 0.6) is 0 Å². The lowest BCUT2D eigenvalue weighted by atomic mass is 9.88. The third kappa shape index (κ3) is 5.43. The lowest BCUT2D eigenvalue weighted by Gasteiger charge is -2.33. The number of benzene rings is 10. The summed E-state index contributed by atoms with van der Waals surface area (Å²) in [6.45, 7) is 0. The van der Waals surface area contributed by atoms with Crippen molar-refractivity contribution in [2.45, 2.75) is 6.17 Å². The van der Waals surface area contributed by atoms with E-state index in [1.807, 2.05) is 12.1 Å². The van der Waals surface area contributed by atoms with Crippen molar-refractivity contribution in [1.82, 2.24) is 9.47 Å². The van der Waals surface area contributed by atoms with Gasteiger partial charge in [0.05, 0.1) is 11.0 Å². The van der Waals surface area contributed by atoms with Gasteiger partial charge in [-0.15, -0.1) is 0 Å². The second-order valence-electron chi connectivity index (χ2n) is 16.5. The molecule has 1 aliphatic rings. The molecule has 10 aromatic carbocycles. The van der Waals surface area contributed by atoms with E-state index in [4.69, 9.17) is 14.4 Å². The van der Waals surface area contributed by atoms with Gasteiger partial charge in [-0.2, -0.15) is 0 Å². The summed E-state index contributed by atoms with van der Waals surface area (Å²) in [5, 5.41) is 11.8. The Morgan fingerprint density at radius 1 is 0.429 bits per heavy atom. The Balaban J connectivity index is 1.14. The summed E-state index contributed by atoms with van der Waals surface area (Å²) in [7, 11) is 2.13. The first-order valence-electron chi connectivity index (χ1n) is 21.5. The zero-order valence-corrected chi connectivity index (χ0v) is 34.4. The van der Waals surface area contributed by atoms with E-state index in [1.165, 1.54) is 43.1 Å². The van der Waals surface area contributed by atoms with Gasteiger partial charge >= 0.3 is 0 Å². The Kier molecular flexibility index (Phi) is 7.81. The largest absolute Gasteiger partial charge is 0.456 e. The molecular weight excluding hydrogens is 769 g/mol. The number of furan rings is 1. The molecule has 13 rings (SSSR count). The zero-order valence-electron chi connectivity index (χ0n) is 34.4. The zero-order chi connectivity index (χ0) is 41.6. The third-order valence-corrected chi connectivity index (χ3v) is 13.0. The van der Waals surface area contributed by atoms with Gasteiger partial charge in [-0.1, -0.05) is 152 Å². The van der Waals surface area contributed by atoms with Crippen molar-refractivity contribution >= 4 is 87.7 Å². The lowest BCUT2D eigenvalue weighted by Crippen LogP contribution is -2.35. The second-order valence-corrected chi connectivity index (χ2v) is 16.5. The SMILES string of the molecule is CN1C(c2cc(-c3ccc4c(c3)c3c5c(ccc3n4-c3ccccc3)oc3ccccc35)cc3c4ccccc4c4ccccc4c23)=NC(c2ccccc2)=NC1c1ccccc1. The highest BCUT2D eigenvalue weighted by molar-refractivity contribution is 6.32. The minimum absolute atomic E-state index is 0.285. The van der Waals surface area contributed by atoms with Gasteiger partial charge in [0, 0.05) is 50.8 Å². The van der Waals surface area contributed by atoms with E-state index in [9.17, 15) is 0 Å². The summed E-state index contributed by atoms with van der Waals surface area (Å²) in [5.41, 5.74) is 10.6. The molecule has 5 heteroatoms. The van der Waals surface area contributed by atoms with E-state index in [0.29, 0.717) is 5.84 Å². The first kappa shape index (κ1) is 35.5. The van der Waals surface area contributed by atoms with Crippen molar-refractivity contribution in [2.24, 2.45) is 9.98 Å². The second kappa shape index (κ2) is 13.9. The summed E-state index contributed by atoms with van der Waals surface area (Å²) in [5.74, 6) is 1.59. The van der Waals surface area contributed by atoms with Crippen LogP contribution in [0.1, 0.15) is 22.9 Å². The Hall–Kier alpha value is -8.28. The van der Waals surface area contributed by atoms with Gasteiger partial charge in [0.25, 0.3) is 0 Å². The van der Waals surface area contributed by atoms with Crippen molar-refractivity contribution in [1.29, 1.82) is 0 Å². The predicted octanol–water partition coefficient (Wildman–Crippen LogP) is 14.6. The maximum absolute atomic E-state index is 6.50. The molecule has 1 aliphatic heterocycles. The minimum Gasteiger partial charge on any atom is -0.456 e. The molecule has 0 bridgehead atoms. The number of amidine groups is 2. The van der Waals surface area contributed by atoms with Crippen LogP contribution >= 0.6 is 0 Å². The number of aliphatic imine (C=N–C) groups is 2. The van der Waals surface area contributed by atoms with Crippen LogP contribution in [0, 0.1) is 0 Å². The number of rotatable bonds is 5. The fourth-order valence-electron chi connectivity index (χ4n) is 10.2. The topological polar surface area (TPSA) is 46.0 Å². The fraction of sp³-hybridized carbons (Fsp3) is 0.0345. The van der Waals surface area contributed by atoms with Crippen LogP contribution in [0.3, 0.4) is 0 Å². The van der Waals surface area contributed by atoms with Gasteiger partial charge in [0.2, 0.25) is 0 Å². The molecule has 0 fully saturated rings. The van der Waals surface area contributed by atoms with Crippen molar-refractivity contribution in [3.8, 4) is 16.8 Å². The van der Waals surface area contributed by atoms with Gasteiger partial charge in [-0.3, -0.25) is 0 Å². The summed E-state index contributed by atoms with van der Waals surface area (Å²) < 4.78 is 8.89. The average Bonchev–Trinajstić information content (AvgIpc) is 3.90. The summed E-state index contributed by atoms with van der Waals surface area (Å²) in [6.07, 6.45) is -0.285. The van der Waals surface area contributed by atoms with Crippen LogP contribution in [0.2, 0.25) is 0 Å². The molecule has 5 nitrogen and oxygen atoms in total. The molecule has 296 valence electrons. The monoisotopic (exact) mass is 806 g/mol. The highest BCUT2D eigenvalue weighted by Gasteiger charge is 2.29. The molecule has 3 heterocycles. The van der Waals surface area contributed by atoms with E-state index in [-0.39, 0.29) is 6.17 Å². The molecule has 12 aromatic rings. The summed E-state index contributed by atoms with van der Waals surface area (Å²) >= 11 is 0. The first-order chi connectivity index (χ1) is 31.2. The fourth-order valence-corrected chi connectivity index (χ4v) is 10.2. The number of fused-ring (bicyclic) bond motifs is 13. The standard InChI is InChI=1S/C58H38N4O/c1-61-57(37-19-7-3-8-20-37)59-56(36-17-5-2-6-18-36)60-58(61)48-35-39(34-46-43-25-12-11-23-41(43)42-24-13-14-26-44(42)53(46)48)38-29-30-49-47(33-38)54-50(62(49)40-21-9-4-10-22-40)31-32-52-55(54)45-27-15-16-28-51(45)63-52/h2-35,57H,1H3. The van der Waals surface area contributed by atoms with Gasteiger partial charge in [0.15, 0.2) is 5.84 Å². The Morgan fingerprint density at radius 2 is 1.03 bits per heavy atom. The molecular formula is C58H38N4O. The van der Waals surface area contributed by atoms with Gasteiger partial charge in [-0.05, 0) is 98.2 Å². The van der Waals surface area contributed by atoms with Gasteiger partial charge in [0.1, 0.15) is 23.2 Å². The Labute approximate surface area is 363 Å². The highest BCUT2D eigenvalue weighted by atomic mass is 16.3. The number of aromatic nitrogens is 1. The maximum Gasteiger partial charge on any atom is 0.159 e. The summed E-state index contributed by atoms with van der Waals surface area (Å²) in [6, 6.07) is 73.7. The van der Waals surface area contributed by atoms with Crippen molar-refractivity contribution in [3.05, 3.63) is 223 Å². The molecule has 0 radical (unpaired) electrons. The highest BCUT2D eigenvalue weighted by Crippen LogP contribution is 2.45. The molecule has 0 spiro atoms. The van der Waals surface area contributed by atoms with E-state index in [1.54, 1.807) is 0 Å². The van der Waals surface area contributed by atoms with Crippen LogP contribution in [-0.4, -0.2) is 28.2 Å². The molecule has 1 atom stereocenters. The minimum atomic E-state index is -0.285. The van der Waals surface area contributed by atoms with Crippen LogP contribution in [-0.2, 0) is 0 Å². The van der Waals surface area contributed by atoms with E-state index in [0.717, 1.165) is 72.3 Å². The maximum atomic E-state index is 6.50. The predicted molar refractivity (Wildman–Crippen MR) is 262 cm³/mol. The number of para-hydroxylation sites is 2. The van der Waals surface area contributed by atoms with Crippen molar-refractivity contribution in [3.63, 3.8) is 0 Å². The smallest absolute Gasteiger partial charge is 0.159 e. The van der Waals surface area contributed by atoms with Crippen LogP contribution in [0.4, 0.5) is 0 Å². The number of hydrogen-bond donors (Lipinski definition) is 0. The quantitative estimate of drug-likeness (QED) is 0.163. The normalized spacial score (nSPS) is 14.4. The van der Waals surface area contributed by atoms with Crippen LogP contribution in [0.15, 0.2) is 221 Å².